The lowest BCUT2D eigenvalue weighted by atomic mass is 10.3. The molecule has 0 bridgehead atoms. The molecule has 0 saturated heterocycles. The standard InChI is InChI=1S/C9H15N7.H2O4S/c10-8(11)14-4-6-2-1-3-7(16-6)5-15-9(12)13;1-5(2,3)4/h1-3H,4-5H2,(H4,10,11,14)(H4,12,13,15);(H2,1,2,3,4). The maximum absolute atomic E-state index is 8.52. The van der Waals surface area contributed by atoms with Gasteiger partial charge in [0.2, 0.25) is 0 Å². The van der Waals surface area contributed by atoms with Crippen molar-refractivity contribution in [3.63, 3.8) is 0 Å². The van der Waals surface area contributed by atoms with Crippen LogP contribution in [0.15, 0.2) is 18.2 Å². The van der Waals surface area contributed by atoms with Crippen LogP contribution in [0.25, 0.3) is 0 Å². The van der Waals surface area contributed by atoms with E-state index >= 15 is 0 Å². The summed E-state index contributed by atoms with van der Waals surface area (Å²) >= 11 is 0. The van der Waals surface area contributed by atoms with Crippen molar-refractivity contribution in [2.75, 3.05) is 0 Å². The fourth-order valence-electron chi connectivity index (χ4n) is 1.11. The monoisotopic (exact) mass is 319 g/mol. The number of aromatic nitrogens is 1. The number of nitrogens with zero attached hydrogens (tertiary/aromatic N) is 1. The first-order valence-corrected chi connectivity index (χ1v) is 6.76. The largest absolute Gasteiger partial charge is 0.759 e. The van der Waals surface area contributed by atoms with Gasteiger partial charge in [0, 0.05) is 10.4 Å². The van der Waals surface area contributed by atoms with Crippen molar-refractivity contribution in [1.29, 1.82) is 0 Å². The van der Waals surface area contributed by atoms with E-state index in [0.717, 1.165) is 11.4 Å². The van der Waals surface area contributed by atoms with E-state index in [1.165, 1.54) is 0 Å². The number of hydrogen-bond donors (Lipinski definition) is 6. The van der Waals surface area contributed by atoms with Gasteiger partial charge in [-0.2, -0.15) is 0 Å². The average molecular weight is 319 g/mol. The highest BCUT2D eigenvalue weighted by Gasteiger charge is 1.98. The quantitative estimate of drug-likeness (QED) is 0.134. The van der Waals surface area contributed by atoms with Crippen LogP contribution in [-0.4, -0.2) is 34.4 Å². The number of pyridine rings is 1. The molecule has 1 aromatic rings. The highest BCUT2D eigenvalue weighted by molar-refractivity contribution is 7.79. The fraction of sp³-hybridized carbons (Fsp3) is 0.222. The van der Waals surface area contributed by atoms with E-state index in [2.05, 4.69) is 15.0 Å². The molecule has 0 amide bonds. The van der Waals surface area contributed by atoms with E-state index in [-0.39, 0.29) is 11.9 Å². The number of hydrogen-bond acceptors (Lipinski definition) is 5. The molecule has 0 spiro atoms. The smallest absolute Gasteiger partial charge is 0.339 e. The molecule has 12 heteroatoms. The van der Waals surface area contributed by atoms with Gasteiger partial charge in [0.05, 0.1) is 11.4 Å². The lowest BCUT2D eigenvalue weighted by Crippen LogP contribution is -2.77. The molecule has 0 atom stereocenters. The second kappa shape index (κ2) is 8.68. The molecule has 0 aromatic carbocycles. The van der Waals surface area contributed by atoms with Crippen LogP contribution in [0.2, 0.25) is 0 Å². The van der Waals surface area contributed by atoms with Crippen molar-refractivity contribution in [2.24, 2.45) is 22.9 Å². The minimum atomic E-state index is -5.17. The summed E-state index contributed by atoms with van der Waals surface area (Å²) in [6.45, 7) is 0.968. The Hall–Kier alpha value is -2.44. The van der Waals surface area contributed by atoms with E-state index in [4.69, 9.17) is 40.5 Å². The van der Waals surface area contributed by atoms with Crippen LogP contribution in [-0.2, 0) is 23.5 Å². The van der Waals surface area contributed by atoms with Crippen molar-refractivity contribution in [3.8, 4) is 0 Å². The number of guanidine groups is 2. The average Bonchev–Trinajstić information content (AvgIpc) is 2.32. The van der Waals surface area contributed by atoms with Crippen LogP contribution in [0.5, 0.6) is 0 Å². The van der Waals surface area contributed by atoms with E-state index in [0.29, 0.717) is 13.1 Å². The predicted octanol–water partition coefficient (Wildman–Crippen LogP) is -6.55. The topological polar surface area (TPSA) is 225 Å². The summed E-state index contributed by atoms with van der Waals surface area (Å²) in [5, 5.41) is 0. The van der Waals surface area contributed by atoms with Crippen LogP contribution < -0.4 is 32.9 Å². The normalized spacial score (nSPS) is 10.0. The van der Waals surface area contributed by atoms with Crippen molar-refractivity contribution in [3.05, 3.63) is 29.6 Å². The van der Waals surface area contributed by atoms with E-state index in [1.807, 2.05) is 18.2 Å². The third kappa shape index (κ3) is 13.8. The third-order valence-corrected chi connectivity index (χ3v) is 1.81. The van der Waals surface area contributed by atoms with Gasteiger partial charge in [0.25, 0.3) is 0 Å². The number of nitrogens with two attached hydrogens (primary N) is 4. The Bertz CT molecular complexity index is 563. The predicted molar refractivity (Wildman–Crippen MR) is 70.8 cm³/mol. The molecule has 0 radical (unpaired) electrons. The van der Waals surface area contributed by atoms with Gasteiger partial charge >= 0.3 is 11.9 Å². The van der Waals surface area contributed by atoms with E-state index in [1.54, 1.807) is 0 Å². The molecule has 1 aromatic heterocycles. The minimum Gasteiger partial charge on any atom is -0.759 e. The maximum atomic E-state index is 8.52. The van der Waals surface area contributed by atoms with Crippen molar-refractivity contribution < 1.29 is 27.5 Å². The Morgan fingerprint density at radius 2 is 1.33 bits per heavy atom. The van der Waals surface area contributed by atoms with Gasteiger partial charge in [-0.05, 0) is 12.1 Å². The van der Waals surface area contributed by atoms with Gasteiger partial charge in [-0.3, -0.25) is 46.3 Å². The molecular formula is C9H17N7O4S. The Balaban J connectivity index is 0.000000690. The lowest BCUT2D eigenvalue weighted by Gasteiger charge is -2.06. The SMILES string of the molecule is NC(N)=[NH+]Cc1cccc(C[NH+]=C(N)N)n1.O=S(=O)([O-])[O-]. The van der Waals surface area contributed by atoms with Crippen molar-refractivity contribution in [2.45, 2.75) is 13.1 Å². The van der Waals surface area contributed by atoms with Gasteiger partial charge in [-0.1, -0.05) is 6.07 Å². The fourth-order valence-corrected chi connectivity index (χ4v) is 1.11. The zero-order valence-electron chi connectivity index (χ0n) is 10.9. The molecule has 118 valence electrons. The maximum Gasteiger partial charge on any atom is 0.339 e. The molecule has 21 heavy (non-hydrogen) atoms. The first-order valence-electron chi connectivity index (χ1n) is 5.43. The zero-order chi connectivity index (χ0) is 16.5. The molecule has 0 fully saturated rings. The Labute approximate surface area is 121 Å². The van der Waals surface area contributed by atoms with Crippen molar-refractivity contribution in [1.82, 2.24) is 4.98 Å². The summed E-state index contributed by atoms with van der Waals surface area (Å²) in [6, 6.07) is 5.63. The molecular weight excluding hydrogens is 302 g/mol. The zero-order valence-corrected chi connectivity index (χ0v) is 11.8. The highest BCUT2D eigenvalue weighted by atomic mass is 32.3. The number of rotatable bonds is 4. The van der Waals surface area contributed by atoms with Crippen LogP contribution in [0.4, 0.5) is 0 Å². The van der Waals surface area contributed by atoms with Gasteiger partial charge in [-0.25, -0.2) is 0 Å². The second-order valence-electron chi connectivity index (χ2n) is 3.65. The highest BCUT2D eigenvalue weighted by Crippen LogP contribution is 1.95. The molecule has 1 heterocycles. The molecule has 0 aliphatic heterocycles. The van der Waals surface area contributed by atoms with Crippen molar-refractivity contribution >= 4 is 22.3 Å². The Kier molecular flexibility index (Phi) is 7.67. The van der Waals surface area contributed by atoms with Crippen LogP contribution in [0, 0.1) is 0 Å². The summed E-state index contributed by atoms with van der Waals surface area (Å²) in [5.41, 5.74) is 22.8. The molecule has 0 aliphatic carbocycles. The van der Waals surface area contributed by atoms with Gasteiger partial charge in [0.1, 0.15) is 13.1 Å². The Morgan fingerprint density at radius 1 is 1.00 bits per heavy atom. The Morgan fingerprint density at radius 3 is 1.62 bits per heavy atom. The van der Waals surface area contributed by atoms with E-state index < -0.39 is 10.4 Å². The summed E-state index contributed by atoms with van der Waals surface area (Å²) in [6.07, 6.45) is 0. The molecule has 10 N–H and O–H groups in total. The number of nitrogens with one attached hydrogen (secondary N) is 2. The first kappa shape index (κ1) is 18.6. The van der Waals surface area contributed by atoms with Gasteiger partial charge in [-0.15, -0.1) is 0 Å². The van der Waals surface area contributed by atoms with Crippen LogP contribution >= 0.6 is 0 Å². The van der Waals surface area contributed by atoms with Gasteiger partial charge in [0.15, 0.2) is 0 Å². The van der Waals surface area contributed by atoms with Crippen LogP contribution in [0.3, 0.4) is 0 Å². The molecule has 1 rings (SSSR count). The summed E-state index contributed by atoms with van der Waals surface area (Å²) in [5.74, 6) is 0.342. The van der Waals surface area contributed by atoms with Gasteiger partial charge < -0.3 is 9.11 Å². The summed E-state index contributed by atoms with van der Waals surface area (Å²) < 4.78 is 34.1. The summed E-state index contributed by atoms with van der Waals surface area (Å²) in [4.78, 5) is 9.92. The summed E-state index contributed by atoms with van der Waals surface area (Å²) in [7, 11) is -5.17. The first-order chi connectivity index (χ1) is 9.58. The lowest BCUT2D eigenvalue weighted by molar-refractivity contribution is -0.480. The molecule has 11 nitrogen and oxygen atoms in total. The minimum absolute atomic E-state index is 0.171. The third-order valence-electron chi connectivity index (χ3n) is 1.81. The van der Waals surface area contributed by atoms with Crippen LogP contribution in [0.1, 0.15) is 11.4 Å². The second-order valence-corrected chi connectivity index (χ2v) is 4.46. The molecule has 0 aliphatic rings. The molecule has 0 saturated carbocycles. The molecule has 0 unspecified atom stereocenters. The van der Waals surface area contributed by atoms with E-state index in [9.17, 15) is 0 Å².